The maximum absolute atomic E-state index is 12.7. The van der Waals surface area contributed by atoms with E-state index in [0.717, 1.165) is 5.51 Å². The summed E-state index contributed by atoms with van der Waals surface area (Å²) in [6.07, 6.45) is -1.84. The third-order valence-electron chi connectivity index (χ3n) is 2.25. The normalized spacial score (nSPS) is 12.4. The smallest absolute Gasteiger partial charge is 0.427 e. The molecule has 0 radical (unpaired) electrons. The summed E-state index contributed by atoms with van der Waals surface area (Å²) >= 11 is 0.554. The third-order valence-corrected chi connectivity index (χ3v) is 3.12. The first kappa shape index (κ1) is 10.3. The fourth-order valence-corrected chi connectivity index (χ4v) is 2.23. The van der Waals surface area contributed by atoms with Crippen molar-refractivity contribution in [3.05, 3.63) is 23.0 Å². The predicted molar refractivity (Wildman–Crippen MR) is 54.5 cm³/mol. The summed E-state index contributed by atoms with van der Waals surface area (Å²) < 4.78 is 43.2. The van der Waals surface area contributed by atoms with Crippen LogP contribution in [0.3, 0.4) is 0 Å². The van der Waals surface area contributed by atoms with E-state index in [1.807, 2.05) is 0 Å². The summed E-state index contributed by atoms with van der Waals surface area (Å²) in [7, 11) is 0. The van der Waals surface area contributed by atoms with Gasteiger partial charge in [0, 0.05) is 6.20 Å². The fraction of sp³-hybridized carbons (Fsp3) is 0.111. The molecule has 0 bridgehead atoms. The van der Waals surface area contributed by atoms with Crippen LogP contribution in [0.5, 0.6) is 0 Å². The van der Waals surface area contributed by atoms with Gasteiger partial charge in [0.2, 0.25) is 0 Å². The maximum atomic E-state index is 12.7. The van der Waals surface area contributed by atoms with Crippen molar-refractivity contribution in [2.24, 2.45) is 0 Å². The summed E-state index contributed by atoms with van der Waals surface area (Å²) in [5.41, 5.74) is 1.98. The number of aromatic amines is 1. The summed E-state index contributed by atoms with van der Waals surface area (Å²) in [6, 6.07) is 0. The Balaban J connectivity index is 2.24. The first-order chi connectivity index (χ1) is 8.07. The van der Waals surface area contributed by atoms with Gasteiger partial charge in [0.1, 0.15) is 4.88 Å². The van der Waals surface area contributed by atoms with E-state index in [0.29, 0.717) is 17.0 Å². The number of hydrogen-bond acceptors (Lipinski definition) is 4. The quantitative estimate of drug-likeness (QED) is 0.729. The van der Waals surface area contributed by atoms with Crippen LogP contribution in [-0.2, 0) is 6.18 Å². The summed E-state index contributed by atoms with van der Waals surface area (Å²) in [5.74, 6) is 0. The van der Waals surface area contributed by atoms with Crippen molar-refractivity contribution < 1.29 is 17.6 Å². The molecule has 0 fully saturated rings. The first-order valence-corrected chi connectivity index (χ1v) is 5.37. The molecule has 4 nitrogen and oxygen atoms in total. The Morgan fingerprint density at radius 1 is 1.29 bits per heavy atom. The van der Waals surface area contributed by atoms with Gasteiger partial charge in [-0.05, 0) is 0 Å². The lowest BCUT2D eigenvalue weighted by Crippen LogP contribution is -2.03. The first-order valence-electron chi connectivity index (χ1n) is 4.49. The maximum Gasteiger partial charge on any atom is 0.427 e. The molecule has 0 aromatic carbocycles. The number of fused-ring (bicyclic) bond motifs is 1. The summed E-state index contributed by atoms with van der Waals surface area (Å²) in [5, 5.41) is 0. The number of nitrogens with one attached hydrogen (secondary N) is 1. The van der Waals surface area contributed by atoms with Crippen LogP contribution in [0.4, 0.5) is 13.2 Å². The van der Waals surface area contributed by atoms with Gasteiger partial charge >= 0.3 is 6.18 Å². The molecular weight excluding hydrogens is 255 g/mol. The molecule has 3 aromatic rings. The van der Waals surface area contributed by atoms with Crippen molar-refractivity contribution in [1.29, 1.82) is 0 Å². The number of alkyl halides is 3. The average Bonchev–Trinajstić information content (AvgIpc) is 2.90. The lowest BCUT2D eigenvalue weighted by atomic mass is 10.2. The highest BCUT2D eigenvalue weighted by Gasteiger charge is 2.37. The Morgan fingerprint density at radius 2 is 2.12 bits per heavy atom. The van der Waals surface area contributed by atoms with E-state index in [4.69, 9.17) is 4.42 Å². The molecule has 88 valence electrons. The zero-order chi connectivity index (χ0) is 12.0. The predicted octanol–water partition coefficient (Wildman–Crippen LogP) is 3.30. The minimum Gasteiger partial charge on any atom is -0.441 e. The van der Waals surface area contributed by atoms with Gasteiger partial charge in [-0.2, -0.15) is 18.2 Å². The largest absolute Gasteiger partial charge is 0.441 e. The molecule has 3 heterocycles. The molecule has 0 saturated heterocycles. The van der Waals surface area contributed by atoms with Crippen molar-refractivity contribution in [3.63, 3.8) is 0 Å². The van der Waals surface area contributed by atoms with Gasteiger partial charge in [-0.3, -0.25) is 0 Å². The van der Waals surface area contributed by atoms with E-state index >= 15 is 0 Å². The molecule has 3 aromatic heterocycles. The average molecular weight is 259 g/mol. The Labute approximate surface area is 96.1 Å². The highest BCUT2D eigenvalue weighted by Crippen LogP contribution is 2.40. The molecule has 0 atom stereocenters. The highest BCUT2D eigenvalue weighted by molar-refractivity contribution is 7.10. The number of oxazole rings is 1. The van der Waals surface area contributed by atoms with Crippen LogP contribution >= 0.6 is 11.3 Å². The number of H-pyrrole nitrogens is 1. The fourth-order valence-electron chi connectivity index (χ4n) is 1.56. The molecule has 0 aliphatic rings. The van der Waals surface area contributed by atoms with Crippen molar-refractivity contribution in [3.8, 4) is 11.3 Å². The zero-order valence-electron chi connectivity index (χ0n) is 8.08. The number of nitrogens with zero attached hydrogens (tertiary/aromatic N) is 2. The molecule has 0 aliphatic heterocycles. The second-order valence-corrected chi connectivity index (χ2v) is 4.12. The molecule has 0 spiro atoms. The topological polar surface area (TPSA) is 54.7 Å². The summed E-state index contributed by atoms with van der Waals surface area (Å²) in [6.45, 7) is 0. The van der Waals surface area contributed by atoms with Gasteiger partial charge < -0.3 is 9.40 Å². The second-order valence-electron chi connectivity index (χ2n) is 3.26. The molecule has 17 heavy (non-hydrogen) atoms. The van der Waals surface area contributed by atoms with Crippen LogP contribution in [0.1, 0.15) is 4.88 Å². The molecule has 3 rings (SSSR count). The van der Waals surface area contributed by atoms with Gasteiger partial charge in [0.15, 0.2) is 17.6 Å². The van der Waals surface area contributed by atoms with E-state index in [9.17, 15) is 13.2 Å². The molecule has 8 heteroatoms. The van der Waals surface area contributed by atoms with Crippen molar-refractivity contribution in [1.82, 2.24) is 15.0 Å². The van der Waals surface area contributed by atoms with Gasteiger partial charge in [0.25, 0.3) is 0 Å². The van der Waals surface area contributed by atoms with Gasteiger partial charge in [-0.1, -0.05) is 0 Å². The minimum atomic E-state index is -4.42. The second kappa shape index (κ2) is 3.33. The summed E-state index contributed by atoms with van der Waals surface area (Å²) in [4.78, 5) is 9.55. The Bertz CT molecular complexity index is 666. The van der Waals surface area contributed by atoms with Crippen molar-refractivity contribution in [2.75, 3.05) is 0 Å². The highest BCUT2D eigenvalue weighted by atomic mass is 32.1. The Hall–Kier alpha value is -1.83. The monoisotopic (exact) mass is 259 g/mol. The Kier molecular flexibility index (Phi) is 2.02. The van der Waals surface area contributed by atoms with Crippen molar-refractivity contribution in [2.45, 2.75) is 6.18 Å². The number of halogens is 3. The minimum absolute atomic E-state index is 0.134. The van der Waals surface area contributed by atoms with Crippen LogP contribution < -0.4 is 0 Å². The van der Waals surface area contributed by atoms with E-state index in [-0.39, 0.29) is 16.8 Å². The lowest BCUT2D eigenvalue weighted by Gasteiger charge is -2.04. The zero-order valence-corrected chi connectivity index (χ0v) is 8.89. The van der Waals surface area contributed by atoms with Gasteiger partial charge in [-0.15, -0.1) is 11.3 Å². The number of hydrogen-bond donors (Lipinski definition) is 1. The van der Waals surface area contributed by atoms with E-state index < -0.39 is 11.1 Å². The molecule has 0 aliphatic carbocycles. The van der Waals surface area contributed by atoms with Crippen LogP contribution in [-0.4, -0.2) is 15.0 Å². The van der Waals surface area contributed by atoms with Gasteiger partial charge in [0.05, 0.1) is 16.8 Å². The molecular formula is C9H4F3N3OS. The number of aromatic nitrogens is 3. The van der Waals surface area contributed by atoms with Crippen molar-refractivity contribution >= 4 is 22.6 Å². The van der Waals surface area contributed by atoms with Crippen LogP contribution in [0, 0.1) is 0 Å². The van der Waals surface area contributed by atoms with Crippen LogP contribution in [0.2, 0.25) is 0 Å². The van der Waals surface area contributed by atoms with Crippen LogP contribution in [0.15, 0.2) is 22.5 Å². The van der Waals surface area contributed by atoms with Crippen LogP contribution in [0.25, 0.3) is 22.5 Å². The SMILES string of the molecule is FC(F)(F)c1scnc1-c1c[nH]c2ncoc12. The standard InChI is InChI=1S/C9H4F3N3OS/c10-9(11,12)7-5(15-3-17-7)4-1-13-8-6(4)16-2-14-8/h1-3,13H. The number of rotatable bonds is 1. The molecule has 0 amide bonds. The Morgan fingerprint density at radius 3 is 2.88 bits per heavy atom. The molecule has 0 unspecified atom stereocenters. The van der Waals surface area contributed by atoms with E-state index in [2.05, 4.69) is 15.0 Å². The lowest BCUT2D eigenvalue weighted by molar-refractivity contribution is -0.134. The molecule has 1 N–H and O–H groups in total. The number of thiazole rings is 1. The molecule has 0 saturated carbocycles. The van der Waals surface area contributed by atoms with E-state index in [1.165, 1.54) is 12.6 Å². The van der Waals surface area contributed by atoms with E-state index in [1.54, 1.807) is 0 Å². The van der Waals surface area contributed by atoms with Gasteiger partial charge in [-0.25, -0.2) is 4.98 Å². The third kappa shape index (κ3) is 1.52.